The van der Waals surface area contributed by atoms with Gasteiger partial charge in [0.2, 0.25) is 0 Å². The Morgan fingerprint density at radius 3 is 2.65 bits per heavy atom. The lowest BCUT2D eigenvalue weighted by molar-refractivity contribution is -0.0328. The molecule has 0 saturated carbocycles. The zero-order valence-corrected chi connectivity index (χ0v) is 12.4. The highest BCUT2D eigenvalue weighted by Gasteiger charge is 2.31. The van der Waals surface area contributed by atoms with Crippen molar-refractivity contribution in [1.29, 1.82) is 0 Å². The third kappa shape index (κ3) is 5.63. The standard InChI is InChI=1S/C13H14ClF3O2S/c1-2-19-12(18)10-6-5-9(4-3-7-14)8-11(10)20-13(15,16)17/h5-6,8H,2-4,7H2,1H3. The Kier molecular flexibility index (Phi) is 6.68. The molecular weight excluding hydrogens is 313 g/mol. The fraction of sp³-hybridized carbons (Fsp3) is 0.462. The van der Waals surface area contributed by atoms with E-state index in [9.17, 15) is 18.0 Å². The van der Waals surface area contributed by atoms with Crippen LogP contribution in [0.5, 0.6) is 0 Å². The highest BCUT2D eigenvalue weighted by atomic mass is 35.5. The number of alkyl halides is 4. The highest BCUT2D eigenvalue weighted by molar-refractivity contribution is 8.00. The first-order valence-corrected chi connectivity index (χ1v) is 7.34. The summed E-state index contributed by atoms with van der Waals surface area (Å²) in [5, 5.41) is 0. The third-order valence-electron chi connectivity index (χ3n) is 2.37. The summed E-state index contributed by atoms with van der Waals surface area (Å²) >= 11 is 5.26. The van der Waals surface area contributed by atoms with Gasteiger partial charge in [-0.3, -0.25) is 0 Å². The van der Waals surface area contributed by atoms with Gasteiger partial charge in [-0.2, -0.15) is 13.2 Å². The molecule has 0 spiro atoms. The molecule has 0 radical (unpaired) electrons. The molecule has 2 nitrogen and oxygen atoms in total. The van der Waals surface area contributed by atoms with Crippen LogP contribution in [0.2, 0.25) is 0 Å². The van der Waals surface area contributed by atoms with Crippen molar-refractivity contribution in [2.75, 3.05) is 12.5 Å². The predicted molar refractivity (Wildman–Crippen MR) is 73.4 cm³/mol. The van der Waals surface area contributed by atoms with Gasteiger partial charge in [-0.05, 0) is 49.2 Å². The van der Waals surface area contributed by atoms with Gasteiger partial charge in [-0.1, -0.05) is 6.07 Å². The van der Waals surface area contributed by atoms with Crippen LogP contribution in [0.1, 0.15) is 29.3 Å². The van der Waals surface area contributed by atoms with Crippen molar-refractivity contribution in [2.24, 2.45) is 0 Å². The Morgan fingerprint density at radius 1 is 1.40 bits per heavy atom. The molecule has 0 aliphatic rings. The second kappa shape index (κ2) is 7.78. The average molecular weight is 327 g/mol. The molecule has 0 aliphatic heterocycles. The van der Waals surface area contributed by atoms with Gasteiger partial charge in [0.05, 0.1) is 12.2 Å². The van der Waals surface area contributed by atoms with Gasteiger partial charge >= 0.3 is 11.5 Å². The summed E-state index contributed by atoms with van der Waals surface area (Å²) in [5.74, 6) is -0.315. The zero-order chi connectivity index (χ0) is 15.2. The Morgan fingerprint density at radius 2 is 2.10 bits per heavy atom. The van der Waals surface area contributed by atoms with E-state index in [4.69, 9.17) is 16.3 Å². The van der Waals surface area contributed by atoms with Crippen molar-refractivity contribution < 1.29 is 22.7 Å². The second-order valence-electron chi connectivity index (χ2n) is 3.89. The lowest BCUT2D eigenvalue weighted by Crippen LogP contribution is -2.09. The number of aryl methyl sites for hydroxylation is 1. The first-order valence-electron chi connectivity index (χ1n) is 5.99. The fourth-order valence-electron chi connectivity index (χ4n) is 1.58. The molecular formula is C13H14ClF3O2S. The van der Waals surface area contributed by atoms with Crippen molar-refractivity contribution in [3.63, 3.8) is 0 Å². The minimum Gasteiger partial charge on any atom is -0.462 e. The van der Waals surface area contributed by atoms with Gasteiger partial charge in [0, 0.05) is 10.8 Å². The van der Waals surface area contributed by atoms with Gasteiger partial charge in [-0.25, -0.2) is 4.79 Å². The van der Waals surface area contributed by atoms with Gasteiger partial charge < -0.3 is 4.74 Å². The summed E-state index contributed by atoms with van der Waals surface area (Å²) in [5.41, 5.74) is -3.80. The van der Waals surface area contributed by atoms with Crippen LogP contribution >= 0.6 is 23.4 Å². The van der Waals surface area contributed by atoms with E-state index >= 15 is 0 Å². The van der Waals surface area contributed by atoms with Crippen LogP contribution in [0.3, 0.4) is 0 Å². The van der Waals surface area contributed by atoms with E-state index in [2.05, 4.69) is 0 Å². The van der Waals surface area contributed by atoms with E-state index < -0.39 is 11.5 Å². The lowest BCUT2D eigenvalue weighted by Gasteiger charge is -2.12. The Hall–Kier alpha value is -0.880. The minimum absolute atomic E-state index is 0.0659. The molecule has 1 aromatic carbocycles. The van der Waals surface area contributed by atoms with Crippen LogP contribution < -0.4 is 0 Å². The fourth-order valence-corrected chi connectivity index (χ4v) is 2.43. The van der Waals surface area contributed by atoms with E-state index in [1.807, 2.05) is 0 Å². The number of thioether (sulfide) groups is 1. The lowest BCUT2D eigenvalue weighted by atomic mass is 10.1. The number of carbonyl (C=O) groups excluding carboxylic acids is 1. The summed E-state index contributed by atoms with van der Waals surface area (Å²) in [6.45, 7) is 1.71. The average Bonchev–Trinajstić information content (AvgIpc) is 2.34. The van der Waals surface area contributed by atoms with Crippen molar-refractivity contribution >= 4 is 29.3 Å². The van der Waals surface area contributed by atoms with Crippen LogP contribution in [0.4, 0.5) is 13.2 Å². The van der Waals surface area contributed by atoms with Gasteiger partial charge in [0.15, 0.2) is 0 Å². The number of hydrogen-bond donors (Lipinski definition) is 0. The number of rotatable bonds is 6. The SMILES string of the molecule is CCOC(=O)c1ccc(CCCCl)cc1SC(F)(F)F. The molecule has 0 unspecified atom stereocenters. The first kappa shape index (κ1) is 17.2. The van der Waals surface area contributed by atoms with E-state index in [0.717, 1.165) is 0 Å². The summed E-state index contributed by atoms with van der Waals surface area (Å²) in [6, 6.07) is 4.37. The molecule has 0 bridgehead atoms. The molecule has 7 heteroatoms. The molecule has 0 aromatic heterocycles. The monoisotopic (exact) mass is 326 g/mol. The molecule has 0 heterocycles. The van der Waals surface area contributed by atoms with E-state index in [-0.39, 0.29) is 28.8 Å². The van der Waals surface area contributed by atoms with E-state index in [0.29, 0.717) is 24.3 Å². The zero-order valence-electron chi connectivity index (χ0n) is 10.8. The predicted octanol–water partition coefficient (Wildman–Crippen LogP) is 4.65. The molecule has 0 aliphatic carbocycles. The molecule has 0 amide bonds. The van der Waals surface area contributed by atoms with Gasteiger partial charge in [0.25, 0.3) is 0 Å². The molecule has 1 rings (SSSR count). The maximum atomic E-state index is 12.5. The maximum Gasteiger partial charge on any atom is 0.446 e. The summed E-state index contributed by atoms with van der Waals surface area (Å²) in [4.78, 5) is 11.5. The number of esters is 1. The quantitative estimate of drug-likeness (QED) is 0.432. The summed E-state index contributed by atoms with van der Waals surface area (Å²) in [7, 11) is 0. The third-order valence-corrected chi connectivity index (χ3v) is 3.42. The van der Waals surface area contributed by atoms with E-state index in [1.165, 1.54) is 12.1 Å². The minimum atomic E-state index is -4.45. The van der Waals surface area contributed by atoms with Crippen LogP contribution in [0.15, 0.2) is 23.1 Å². The highest BCUT2D eigenvalue weighted by Crippen LogP contribution is 2.39. The Labute approximate surface area is 124 Å². The molecule has 20 heavy (non-hydrogen) atoms. The largest absolute Gasteiger partial charge is 0.462 e. The van der Waals surface area contributed by atoms with Crippen LogP contribution in [-0.4, -0.2) is 24.0 Å². The normalized spacial score (nSPS) is 11.4. The topological polar surface area (TPSA) is 26.3 Å². The van der Waals surface area contributed by atoms with Crippen molar-refractivity contribution in [1.82, 2.24) is 0 Å². The summed E-state index contributed by atoms with van der Waals surface area (Å²) < 4.78 is 42.4. The van der Waals surface area contributed by atoms with Crippen molar-refractivity contribution in [3.8, 4) is 0 Å². The van der Waals surface area contributed by atoms with Gasteiger partial charge in [0.1, 0.15) is 0 Å². The Bertz CT molecular complexity index is 463. The van der Waals surface area contributed by atoms with Crippen molar-refractivity contribution in [2.45, 2.75) is 30.2 Å². The van der Waals surface area contributed by atoms with Crippen LogP contribution in [0.25, 0.3) is 0 Å². The molecule has 0 saturated heterocycles. The van der Waals surface area contributed by atoms with Crippen molar-refractivity contribution in [3.05, 3.63) is 29.3 Å². The molecule has 0 fully saturated rings. The summed E-state index contributed by atoms with van der Waals surface area (Å²) in [6.07, 6.45) is 1.23. The van der Waals surface area contributed by atoms with E-state index in [1.54, 1.807) is 13.0 Å². The molecule has 0 N–H and O–H groups in total. The maximum absolute atomic E-state index is 12.5. The molecule has 112 valence electrons. The molecule has 0 atom stereocenters. The second-order valence-corrected chi connectivity index (χ2v) is 5.38. The number of halogens is 4. The Balaban J connectivity index is 3.06. The number of benzene rings is 1. The first-order chi connectivity index (χ1) is 9.37. The smallest absolute Gasteiger partial charge is 0.446 e. The van der Waals surface area contributed by atoms with Gasteiger partial charge in [-0.15, -0.1) is 11.6 Å². The number of carbonyl (C=O) groups is 1. The number of hydrogen-bond acceptors (Lipinski definition) is 3. The number of ether oxygens (including phenoxy) is 1. The van der Waals surface area contributed by atoms with Crippen LogP contribution in [-0.2, 0) is 11.2 Å². The van der Waals surface area contributed by atoms with Crippen LogP contribution in [0, 0.1) is 0 Å². The molecule has 1 aromatic rings.